The minimum absolute atomic E-state index is 0. The van der Waals surface area contributed by atoms with Gasteiger partial charge in [-0.2, -0.15) is 0 Å². The van der Waals surface area contributed by atoms with Crippen LogP contribution in [-0.4, -0.2) is 32.1 Å². The molecule has 0 atom stereocenters. The van der Waals surface area contributed by atoms with Crippen LogP contribution in [0.25, 0.3) is 0 Å². The van der Waals surface area contributed by atoms with Crippen molar-refractivity contribution in [3.05, 3.63) is 29.3 Å². The summed E-state index contributed by atoms with van der Waals surface area (Å²) < 4.78 is 5.66. The molecule has 1 rings (SSSR count). The van der Waals surface area contributed by atoms with E-state index in [9.17, 15) is 4.79 Å². The molecule has 1 aromatic carbocycles. The summed E-state index contributed by atoms with van der Waals surface area (Å²) in [4.78, 5) is 11.6. The first-order valence-electron chi connectivity index (χ1n) is 7.81. The lowest BCUT2D eigenvalue weighted by Crippen LogP contribution is -2.32. The van der Waals surface area contributed by atoms with E-state index >= 15 is 0 Å². The quantitative estimate of drug-likeness (QED) is 0.649. The van der Waals surface area contributed by atoms with E-state index in [0.29, 0.717) is 19.6 Å². The molecule has 0 bridgehead atoms. The molecule has 22 heavy (non-hydrogen) atoms. The van der Waals surface area contributed by atoms with Crippen molar-refractivity contribution < 1.29 is 9.53 Å². The highest BCUT2D eigenvalue weighted by atomic mass is 35.5. The highest BCUT2D eigenvalue weighted by Gasteiger charge is 2.01. The topological polar surface area (TPSA) is 50.4 Å². The molecule has 0 saturated carbocycles. The van der Waals surface area contributed by atoms with Gasteiger partial charge in [-0.3, -0.25) is 4.79 Å². The largest absolute Gasteiger partial charge is 0.494 e. The van der Waals surface area contributed by atoms with E-state index in [1.807, 2.05) is 12.1 Å². The van der Waals surface area contributed by atoms with Crippen molar-refractivity contribution in [2.75, 3.05) is 26.2 Å². The monoisotopic (exact) mass is 328 g/mol. The third kappa shape index (κ3) is 8.90. The molecule has 0 aromatic heterocycles. The summed E-state index contributed by atoms with van der Waals surface area (Å²) in [6.07, 6.45) is 2.36. The van der Waals surface area contributed by atoms with Crippen LogP contribution in [0.4, 0.5) is 0 Å². The summed E-state index contributed by atoms with van der Waals surface area (Å²) in [7, 11) is 0. The minimum atomic E-state index is 0. The van der Waals surface area contributed by atoms with Crippen molar-refractivity contribution in [2.45, 2.75) is 40.0 Å². The van der Waals surface area contributed by atoms with Gasteiger partial charge in [0.2, 0.25) is 5.91 Å². The molecule has 0 radical (unpaired) electrons. The summed E-state index contributed by atoms with van der Waals surface area (Å²) in [5.74, 6) is 0.972. The smallest absolute Gasteiger partial charge is 0.220 e. The Morgan fingerprint density at radius 2 is 1.91 bits per heavy atom. The maximum absolute atomic E-state index is 11.6. The number of benzene rings is 1. The molecule has 1 aromatic rings. The molecule has 126 valence electrons. The van der Waals surface area contributed by atoms with Gasteiger partial charge in [0.05, 0.1) is 6.61 Å². The number of halogens is 1. The second-order valence-corrected chi connectivity index (χ2v) is 5.30. The average Bonchev–Trinajstić information content (AvgIpc) is 2.47. The van der Waals surface area contributed by atoms with E-state index < -0.39 is 0 Å². The van der Waals surface area contributed by atoms with Crippen LogP contribution in [0, 0.1) is 13.8 Å². The highest BCUT2D eigenvalue weighted by Crippen LogP contribution is 2.16. The van der Waals surface area contributed by atoms with Gasteiger partial charge in [-0.1, -0.05) is 13.0 Å². The van der Waals surface area contributed by atoms with Crippen LogP contribution in [0.15, 0.2) is 18.2 Å². The number of carbonyl (C=O) groups excluding carboxylic acids is 1. The number of aryl methyl sites for hydroxylation is 2. The first kappa shape index (κ1) is 20.7. The van der Waals surface area contributed by atoms with Crippen LogP contribution < -0.4 is 15.4 Å². The lowest BCUT2D eigenvalue weighted by molar-refractivity contribution is -0.121. The molecule has 4 nitrogen and oxygen atoms in total. The van der Waals surface area contributed by atoms with Gasteiger partial charge in [-0.25, -0.2) is 0 Å². The number of nitrogens with one attached hydrogen (secondary N) is 2. The van der Waals surface area contributed by atoms with Crippen molar-refractivity contribution in [1.29, 1.82) is 0 Å². The Kier molecular flexibility index (Phi) is 11.6. The molecule has 0 aliphatic rings. The van der Waals surface area contributed by atoms with Gasteiger partial charge in [-0.05, 0) is 56.5 Å². The number of ether oxygens (including phenoxy) is 1. The van der Waals surface area contributed by atoms with Gasteiger partial charge >= 0.3 is 0 Å². The Labute approximate surface area is 140 Å². The number of amides is 1. The van der Waals surface area contributed by atoms with E-state index in [-0.39, 0.29) is 18.3 Å². The average molecular weight is 329 g/mol. The molecular weight excluding hydrogens is 300 g/mol. The van der Waals surface area contributed by atoms with Crippen LogP contribution in [0.3, 0.4) is 0 Å². The summed E-state index contributed by atoms with van der Waals surface area (Å²) in [5, 5.41) is 6.15. The zero-order valence-electron chi connectivity index (χ0n) is 13.9. The summed E-state index contributed by atoms with van der Waals surface area (Å²) in [6.45, 7) is 9.38. The second kappa shape index (κ2) is 12.3. The van der Waals surface area contributed by atoms with Crippen molar-refractivity contribution in [2.24, 2.45) is 0 Å². The van der Waals surface area contributed by atoms with E-state index in [4.69, 9.17) is 4.74 Å². The van der Waals surface area contributed by atoms with Gasteiger partial charge < -0.3 is 15.4 Å². The second-order valence-electron chi connectivity index (χ2n) is 5.30. The predicted molar refractivity (Wildman–Crippen MR) is 94.1 cm³/mol. The lowest BCUT2D eigenvalue weighted by atomic mass is 10.1. The fraction of sp³-hybridized carbons (Fsp3) is 0.588. The molecule has 0 aliphatic carbocycles. The standard InChI is InChI=1S/C17H28N2O2.ClH/c1-4-9-18-10-11-19-17(20)6-5-12-21-16-8-7-14(2)15(3)13-16;/h7-8,13,18H,4-6,9-12H2,1-3H3,(H,19,20);1H. The normalized spacial score (nSPS) is 9.95. The fourth-order valence-electron chi connectivity index (χ4n) is 1.91. The van der Waals surface area contributed by atoms with Gasteiger partial charge in [0.15, 0.2) is 0 Å². The minimum Gasteiger partial charge on any atom is -0.494 e. The molecular formula is C17H29ClN2O2. The van der Waals surface area contributed by atoms with Crippen LogP contribution in [0.1, 0.15) is 37.3 Å². The predicted octanol–water partition coefficient (Wildman–Crippen LogP) is 3.00. The Bertz CT molecular complexity index is 439. The molecule has 0 spiro atoms. The van der Waals surface area contributed by atoms with Crippen molar-refractivity contribution in [1.82, 2.24) is 10.6 Å². The van der Waals surface area contributed by atoms with Gasteiger partial charge in [0, 0.05) is 19.5 Å². The molecule has 0 fully saturated rings. The maximum atomic E-state index is 11.6. The van der Waals surface area contributed by atoms with E-state index in [2.05, 4.69) is 37.5 Å². The third-order valence-electron chi connectivity index (χ3n) is 3.35. The van der Waals surface area contributed by atoms with E-state index in [1.54, 1.807) is 0 Å². The first-order chi connectivity index (χ1) is 10.1. The Morgan fingerprint density at radius 3 is 2.59 bits per heavy atom. The number of rotatable bonds is 10. The van der Waals surface area contributed by atoms with Crippen LogP contribution in [-0.2, 0) is 4.79 Å². The zero-order chi connectivity index (χ0) is 15.5. The summed E-state index contributed by atoms with van der Waals surface area (Å²) >= 11 is 0. The molecule has 0 heterocycles. The van der Waals surface area contributed by atoms with Crippen molar-refractivity contribution in [3.63, 3.8) is 0 Å². The summed E-state index contributed by atoms with van der Waals surface area (Å²) in [5.41, 5.74) is 2.49. The summed E-state index contributed by atoms with van der Waals surface area (Å²) in [6, 6.07) is 6.07. The molecule has 0 unspecified atom stereocenters. The zero-order valence-corrected chi connectivity index (χ0v) is 14.7. The van der Waals surface area contributed by atoms with E-state index in [0.717, 1.165) is 31.7 Å². The van der Waals surface area contributed by atoms with Crippen LogP contribution in [0.2, 0.25) is 0 Å². The fourth-order valence-corrected chi connectivity index (χ4v) is 1.91. The first-order valence-corrected chi connectivity index (χ1v) is 7.81. The Morgan fingerprint density at radius 1 is 1.14 bits per heavy atom. The van der Waals surface area contributed by atoms with Gasteiger partial charge in [0.25, 0.3) is 0 Å². The Balaban J connectivity index is 0.00000441. The van der Waals surface area contributed by atoms with Crippen molar-refractivity contribution >= 4 is 18.3 Å². The molecule has 0 aliphatic heterocycles. The molecule has 5 heteroatoms. The Hall–Kier alpha value is -1.26. The molecule has 2 N–H and O–H groups in total. The van der Waals surface area contributed by atoms with E-state index in [1.165, 1.54) is 11.1 Å². The van der Waals surface area contributed by atoms with Crippen molar-refractivity contribution in [3.8, 4) is 5.75 Å². The number of carbonyl (C=O) groups is 1. The van der Waals surface area contributed by atoms with Gasteiger partial charge in [-0.15, -0.1) is 12.4 Å². The number of hydrogen-bond donors (Lipinski definition) is 2. The van der Waals surface area contributed by atoms with Crippen LogP contribution in [0.5, 0.6) is 5.75 Å². The third-order valence-corrected chi connectivity index (χ3v) is 3.35. The molecule has 1 amide bonds. The lowest BCUT2D eigenvalue weighted by Gasteiger charge is -2.09. The number of hydrogen-bond acceptors (Lipinski definition) is 3. The van der Waals surface area contributed by atoms with Crippen LogP contribution >= 0.6 is 12.4 Å². The maximum Gasteiger partial charge on any atom is 0.220 e. The molecule has 0 saturated heterocycles. The van der Waals surface area contributed by atoms with Gasteiger partial charge in [0.1, 0.15) is 5.75 Å². The highest BCUT2D eigenvalue weighted by molar-refractivity contribution is 5.85. The SMILES string of the molecule is CCCNCCNC(=O)CCCOc1ccc(C)c(C)c1.Cl.